The van der Waals surface area contributed by atoms with Crippen molar-refractivity contribution < 1.29 is 18.1 Å². The average molecular weight is 269 g/mol. The van der Waals surface area contributed by atoms with Gasteiger partial charge in [0.15, 0.2) is 0 Å². The second kappa shape index (κ2) is 5.44. The minimum Gasteiger partial charge on any atom is -0.413 e. The molecule has 0 saturated heterocycles. The number of halogens is 3. The predicted octanol–water partition coefficient (Wildman–Crippen LogP) is 3.29. The normalized spacial score (nSPS) is 16.3. The summed E-state index contributed by atoms with van der Waals surface area (Å²) in [6.07, 6.45) is 0.919. The first kappa shape index (κ1) is 13.6. The second-order valence-corrected chi connectivity index (χ2v) is 6.04. The molecule has 1 atom stereocenters. The summed E-state index contributed by atoms with van der Waals surface area (Å²) in [5, 5.41) is 0. The Kier molecular flexibility index (Phi) is 5.68. The number of hydrogen-bond donors (Lipinski definition) is 0. The molecule has 0 amide bonds. The van der Waals surface area contributed by atoms with Crippen molar-refractivity contribution in [2.45, 2.75) is 3.79 Å². The van der Waals surface area contributed by atoms with Crippen LogP contribution in [0.15, 0.2) is 12.8 Å². The Labute approximate surface area is 91.3 Å². The monoisotopic (exact) mass is 268 g/mol. The van der Waals surface area contributed by atoms with E-state index in [9.17, 15) is 4.57 Å². The molecule has 0 aromatic rings. The Morgan fingerprint density at radius 3 is 2.38 bits per heavy atom. The molecule has 13 heavy (non-hydrogen) atoms. The van der Waals surface area contributed by atoms with E-state index in [1.807, 2.05) is 0 Å². The molecule has 78 valence electrons. The molecule has 8 heteroatoms. The summed E-state index contributed by atoms with van der Waals surface area (Å²) in [6.45, 7) is 2.78. The molecule has 0 saturated carbocycles. The summed E-state index contributed by atoms with van der Waals surface area (Å²) < 4.78 is 23.2. The smallest absolute Gasteiger partial charge is 0.413 e. The van der Waals surface area contributed by atoms with Crippen molar-refractivity contribution in [1.82, 2.24) is 0 Å². The van der Waals surface area contributed by atoms with Gasteiger partial charge in [-0.2, -0.15) is 0 Å². The van der Waals surface area contributed by atoms with Gasteiger partial charge in [-0.1, -0.05) is 41.4 Å². The average Bonchev–Trinajstić information content (AvgIpc) is 2.01. The van der Waals surface area contributed by atoms with Crippen LogP contribution in [-0.4, -0.2) is 17.5 Å². The van der Waals surface area contributed by atoms with Gasteiger partial charge in [-0.15, -0.1) is 0 Å². The fraction of sp³-hybridized carbons (Fsp3) is 0.600. The number of alkyl halides is 3. The molecule has 0 aliphatic rings. The van der Waals surface area contributed by atoms with Crippen molar-refractivity contribution in [3.8, 4) is 0 Å². The molecule has 0 aliphatic heterocycles. The summed E-state index contributed by atoms with van der Waals surface area (Å²) in [6, 6.07) is 0. The van der Waals surface area contributed by atoms with E-state index in [1.165, 1.54) is 0 Å². The van der Waals surface area contributed by atoms with Crippen LogP contribution in [0, 0.1) is 0 Å². The standard InChI is InChI=1S/C5H8Cl3O4P/c1-3-11-13(9,10-2)12-4-5(6,7)8/h3H,1,4H2,2H3. The van der Waals surface area contributed by atoms with Crippen LogP contribution in [0.4, 0.5) is 0 Å². The molecule has 0 N–H and O–H groups in total. The second-order valence-electron chi connectivity index (χ2n) is 1.79. The van der Waals surface area contributed by atoms with Gasteiger partial charge in [0, 0.05) is 7.11 Å². The highest BCUT2D eigenvalue weighted by Gasteiger charge is 2.30. The van der Waals surface area contributed by atoms with E-state index >= 15 is 0 Å². The topological polar surface area (TPSA) is 44.8 Å². The highest BCUT2D eigenvalue weighted by Crippen LogP contribution is 2.50. The zero-order valence-corrected chi connectivity index (χ0v) is 9.87. The molecule has 0 aliphatic carbocycles. The molecule has 0 rings (SSSR count). The summed E-state index contributed by atoms with van der Waals surface area (Å²) in [5.41, 5.74) is 0. The Morgan fingerprint density at radius 1 is 1.54 bits per heavy atom. The highest BCUT2D eigenvalue weighted by molar-refractivity contribution is 7.48. The van der Waals surface area contributed by atoms with Crippen LogP contribution in [-0.2, 0) is 18.1 Å². The van der Waals surface area contributed by atoms with Crippen LogP contribution in [0.5, 0.6) is 0 Å². The van der Waals surface area contributed by atoms with Crippen LogP contribution in [0.3, 0.4) is 0 Å². The number of rotatable bonds is 5. The van der Waals surface area contributed by atoms with Gasteiger partial charge in [-0.25, -0.2) is 4.57 Å². The third kappa shape index (κ3) is 6.61. The summed E-state index contributed by atoms with van der Waals surface area (Å²) in [7, 11) is -2.53. The minimum atomic E-state index is -3.67. The first-order valence-electron chi connectivity index (χ1n) is 2.99. The number of phosphoric acid groups is 1. The van der Waals surface area contributed by atoms with E-state index in [2.05, 4.69) is 20.2 Å². The van der Waals surface area contributed by atoms with Crippen molar-refractivity contribution in [1.29, 1.82) is 0 Å². The maximum atomic E-state index is 11.3. The van der Waals surface area contributed by atoms with E-state index in [4.69, 9.17) is 34.8 Å². The zero-order valence-electron chi connectivity index (χ0n) is 6.71. The molecule has 0 radical (unpaired) electrons. The summed E-state index contributed by atoms with van der Waals surface area (Å²) in [5.74, 6) is 0. The predicted molar refractivity (Wildman–Crippen MR) is 52.1 cm³/mol. The summed E-state index contributed by atoms with van der Waals surface area (Å²) in [4.78, 5) is 0. The third-order valence-corrected chi connectivity index (χ3v) is 2.44. The van der Waals surface area contributed by atoms with Crippen molar-refractivity contribution in [3.05, 3.63) is 12.8 Å². The van der Waals surface area contributed by atoms with Gasteiger partial charge >= 0.3 is 7.82 Å². The van der Waals surface area contributed by atoms with Gasteiger partial charge in [-0.05, 0) is 0 Å². The van der Waals surface area contributed by atoms with Crippen LogP contribution in [0.25, 0.3) is 0 Å². The summed E-state index contributed by atoms with van der Waals surface area (Å²) >= 11 is 16.0. The molecule has 0 aromatic carbocycles. The minimum absolute atomic E-state index is 0.406. The van der Waals surface area contributed by atoms with E-state index in [0.717, 1.165) is 13.4 Å². The molecule has 0 heterocycles. The first-order chi connectivity index (χ1) is 5.83. The number of phosphoric ester groups is 1. The Balaban J connectivity index is 4.13. The molecule has 0 aromatic heterocycles. The molecular formula is C5H8Cl3O4P. The van der Waals surface area contributed by atoms with Gasteiger partial charge in [0.25, 0.3) is 0 Å². The SMILES string of the molecule is C=COP(=O)(OC)OCC(Cl)(Cl)Cl. The number of hydrogen-bond acceptors (Lipinski definition) is 4. The molecule has 0 spiro atoms. The Bertz CT molecular complexity index is 214. The van der Waals surface area contributed by atoms with Crippen molar-refractivity contribution in [3.63, 3.8) is 0 Å². The van der Waals surface area contributed by atoms with E-state index in [1.54, 1.807) is 0 Å². The quantitative estimate of drug-likeness (QED) is 0.436. The molecule has 1 unspecified atom stereocenters. The van der Waals surface area contributed by atoms with Crippen molar-refractivity contribution in [2.24, 2.45) is 0 Å². The van der Waals surface area contributed by atoms with Gasteiger partial charge in [0.2, 0.25) is 3.79 Å². The van der Waals surface area contributed by atoms with E-state index in [0.29, 0.717) is 0 Å². The molecule has 4 nitrogen and oxygen atoms in total. The van der Waals surface area contributed by atoms with Gasteiger partial charge in [0.05, 0.1) is 6.26 Å². The fourth-order valence-corrected chi connectivity index (χ4v) is 1.55. The van der Waals surface area contributed by atoms with Gasteiger partial charge in [0.1, 0.15) is 6.61 Å². The van der Waals surface area contributed by atoms with Crippen molar-refractivity contribution in [2.75, 3.05) is 13.7 Å². The maximum Gasteiger partial charge on any atom is 0.529 e. The van der Waals surface area contributed by atoms with E-state index < -0.39 is 18.2 Å². The first-order valence-corrected chi connectivity index (χ1v) is 5.59. The Hall–Kier alpha value is 0.560. The van der Waals surface area contributed by atoms with Crippen LogP contribution in [0.2, 0.25) is 0 Å². The van der Waals surface area contributed by atoms with Crippen LogP contribution in [0.1, 0.15) is 0 Å². The lowest BCUT2D eigenvalue weighted by molar-refractivity contribution is 0.168. The van der Waals surface area contributed by atoms with Crippen LogP contribution >= 0.6 is 42.6 Å². The lowest BCUT2D eigenvalue weighted by Gasteiger charge is -2.16. The lowest BCUT2D eigenvalue weighted by Crippen LogP contribution is -2.12. The molecule has 0 fully saturated rings. The van der Waals surface area contributed by atoms with E-state index in [-0.39, 0.29) is 0 Å². The molecule has 0 bridgehead atoms. The highest BCUT2D eigenvalue weighted by atomic mass is 35.6. The van der Waals surface area contributed by atoms with Gasteiger partial charge in [-0.3, -0.25) is 9.05 Å². The third-order valence-electron chi connectivity index (χ3n) is 0.814. The van der Waals surface area contributed by atoms with Gasteiger partial charge < -0.3 is 4.52 Å². The fourth-order valence-electron chi connectivity index (χ4n) is 0.370. The zero-order chi connectivity index (χ0) is 10.5. The molecular weight excluding hydrogens is 261 g/mol. The van der Waals surface area contributed by atoms with Crippen LogP contribution < -0.4 is 0 Å². The lowest BCUT2D eigenvalue weighted by atomic mass is 10.9. The maximum absolute atomic E-state index is 11.3. The largest absolute Gasteiger partial charge is 0.529 e. The van der Waals surface area contributed by atoms with Crippen molar-refractivity contribution >= 4 is 42.6 Å². The Morgan fingerprint density at radius 2 is 2.08 bits per heavy atom.